The van der Waals surface area contributed by atoms with Crippen molar-refractivity contribution in [1.29, 1.82) is 0 Å². The number of carbonyl (C=O) groups is 1. The summed E-state index contributed by atoms with van der Waals surface area (Å²) in [6.07, 6.45) is 1.43. The first kappa shape index (κ1) is 25.6. The number of amides is 1. The fourth-order valence-electron chi connectivity index (χ4n) is 3.62. The number of anilines is 1. The first-order chi connectivity index (χ1) is 15.3. The third-order valence-electron chi connectivity index (χ3n) is 5.78. The highest BCUT2D eigenvalue weighted by Gasteiger charge is 2.23. The quantitative estimate of drug-likeness (QED) is 0.505. The van der Waals surface area contributed by atoms with E-state index in [0.717, 1.165) is 28.9 Å². The number of halogens is 2. The molecule has 1 aliphatic heterocycles. The molecule has 11 heteroatoms. The molecular formula is C22H27Cl2N5O3S. The number of rotatable bonds is 6. The van der Waals surface area contributed by atoms with Gasteiger partial charge in [-0.05, 0) is 32.4 Å². The molecule has 1 aromatic carbocycles. The highest BCUT2D eigenvalue weighted by Crippen LogP contribution is 2.35. The van der Waals surface area contributed by atoms with Crippen molar-refractivity contribution < 1.29 is 9.53 Å². The third-order valence-corrected chi connectivity index (χ3v) is 7.32. The highest BCUT2D eigenvalue weighted by molar-refractivity contribution is 7.23. The second-order valence-corrected chi connectivity index (χ2v) is 9.31. The van der Waals surface area contributed by atoms with Crippen LogP contribution in [0.2, 0.25) is 5.02 Å². The van der Waals surface area contributed by atoms with Crippen molar-refractivity contribution in [3.8, 4) is 0 Å². The maximum Gasteiger partial charge on any atom is 0.256 e. The van der Waals surface area contributed by atoms with Crippen LogP contribution in [0.3, 0.4) is 0 Å². The average Bonchev–Trinajstić information content (AvgIpc) is 3.24. The Kier molecular flexibility index (Phi) is 8.47. The Balaban J connectivity index is 0.00000306. The van der Waals surface area contributed by atoms with Crippen LogP contribution in [-0.2, 0) is 16.1 Å². The molecule has 0 bridgehead atoms. The number of hydrogen-bond acceptors (Lipinski definition) is 7. The van der Waals surface area contributed by atoms with Crippen LogP contribution < -0.4 is 10.5 Å². The van der Waals surface area contributed by atoms with Gasteiger partial charge in [0.2, 0.25) is 5.91 Å². The van der Waals surface area contributed by atoms with E-state index in [1.54, 1.807) is 18.7 Å². The maximum absolute atomic E-state index is 13.4. The molecule has 1 fully saturated rings. The Morgan fingerprint density at radius 1 is 1.24 bits per heavy atom. The molecule has 4 rings (SSSR count). The second-order valence-electron chi connectivity index (χ2n) is 7.93. The Bertz CT molecular complexity index is 1170. The summed E-state index contributed by atoms with van der Waals surface area (Å²) >= 11 is 7.80. The van der Waals surface area contributed by atoms with Crippen molar-refractivity contribution in [3.63, 3.8) is 0 Å². The van der Waals surface area contributed by atoms with Gasteiger partial charge in [-0.3, -0.25) is 24.0 Å². The van der Waals surface area contributed by atoms with Crippen LogP contribution in [0.25, 0.3) is 10.2 Å². The predicted molar refractivity (Wildman–Crippen MR) is 134 cm³/mol. The number of carbonyl (C=O) groups excluding carboxylic acids is 1. The summed E-state index contributed by atoms with van der Waals surface area (Å²) in [5, 5.41) is 1.20. The summed E-state index contributed by atoms with van der Waals surface area (Å²) in [6, 6.07) is 3.77. The van der Waals surface area contributed by atoms with E-state index in [9.17, 15) is 9.59 Å². The third kappa shape index (κ3) is 5.55. The molecule has 1 aliphatic rings. The Morgan fingerprint density at radius 2 is 1.97 bits per heavy atom. The van der Waals surface area contributed by atoms with Crippen molar-refractivity contribution >= 4 is 56.6 Å². The lowest BCUT2D eigenvalue weighted by Gasteiger charge is -2.29. The molecule has 0 N–H and O–H groups in total. The van der Waals surface area contributed by atoms with Gasteiger partial charge in [-0.2, -0.15) is 0 Å². The van der Waals surface area contributed by atoms with Crippen LogP contribution in [0.4, 0.5) is 5.13 Å². The molecule has 178 valence electrons. The van der Waals surface area contributed by atoms with E-state index in [1.807, 2.05) is 19.1 Å². The summed E-state index contributed by atoms with van der Waals surface area (Å²) in [5.74, 6) is -0.210. The maximum atomic E-state index is 13.4. The minimum absolute atomic E-state index is 0. The Morgan fingerprint density at radius 3 is 2.67 bits per heavy atom. The largest absolute Gasteiger partial charge is 0.379 e. The van der Waals surface area contributed by atoms with Crippen LogP contribution in [0.1, 0.15) is 16.8 Å². The lowest BCUT2D eigenvalue weighted by atomic mass is 10.2. The predicted octanol–water partition coefficient (Wildman–Crippen LogP) is 3.22. The number of benzene rings is 1. The molecule has 0 aliphatic carbocycles. The fraction of sp³-hybridized carbons (Fsp3) is 0.455. The molecule has 1 saturated heterocycles. The Labute approximate surface area is 207 Å². The van der Waals surface area contributed by atoms with Gasteiger partial charge in [-0.1, -0.05) is 29.0 Å². The van der Waals surface area contributed by atoms with Gasteiger partial charge in [0.1, 0.15) is 6.54 Å². The molecule has 1 amide bonds. The molecule has 0 unspecified atom stereocenters. The lowest BCUT2D eigenvalue weighted by Crippen LogP contribution is -2.44. The van der Waals surface area contributed by atoms with Crippen molar-refractivity contribution in [2.45, 2.75) is 27.3 Å². The van der Waals surface area contributed by atoms with E-state index in [1.165, 1.54) is 22.2 Å². The van der Waals surface area contributed by atoms with Gasteiger partial charge in [0.05, 0.1) is 34.8 Å². The van der Waals surface area contributed by atoms with Gasteiger partial charge in [0.15, 0.2) is 5.13 Å². The number of thiazole rings is 1. The number of morpholine rings is 1. The summed E-state index contributed by atoms with van der Waals surface area (Å²) in [4.78, 5) is 38.9. The molecule has 0 spiro atoms. The van der Waals surface area contributed by atoms with Crippen LogP contribution in [0.15, 0.2) is 23.3 Å². The number of ether oxygens (including phenoxy) is 1. The van der Waals surface area contributed by atoms with Crippen molar-refractivity contribution in [1.82, 2.24) is 19.4 Å². The highest BCUT2D eigenvalue weighted by atomic mass is 35.5. The molecule has 0 radical (unpaired) electrons. The molecule has 8 nitrogen and oxygen atoms in total. The standard InChI is InChI=1S/C22H26ClN5O3S.ClH/c1-14-4-5-17(23)20-19(14)25-22(32-20)28(7-6-26-8-10-31-11-9-26)18(29)12-27-13-24-16(3)15(2)21(27)30;/h4-5,13H,6-12H2,1-3H3;1H. The van der Waals surface area contributed by atoms with Crippen LogP contribution in [0, 0.1) is 20.8 Å². The number of aromatic nitrogens is 3. The molecule has 0 saturated carbocycles. The van der Waals surface area contributed by atoms with Gasteiger partial charge in [-0.25, -0.2) is 9.97 Å². The van der Waals surface area contributed by atoms with E-state index < -0.39 is 0 Å². The summed E-state index contributed by atoms with van der Waals surface area (Å²) in [6.45, 7) is 9.56. The zero-order chi connectivity index (χ0) is 22.8. The zero-order valence-electron chi connectivity index (χ0n) is 18.8. The van der Waals surface area contributed by atoms with Crippen molar-refractivity contribution in [3.05, 3.63) is 50.7 Å². The smallest absolute Gasteiger partial charge is 0.256 e. The summed E-state index contributed by atoms with van der Waals surface area (Å²) < 4.78 is 7.64. The molecule has 2 aromatic heterocycles. The summed E-state index contributed by atoms with van der Waals surface area (Å²) in [5.41, 5.74) is 2.80. The lowest BCUT2D eigenvalue weighted by molar-refractivity contribution is -0.119. The van der Waals surface area contributed by atoms with E-state index in [4.69, 9.17) is 21.3 Å². The number of hydrogen-bond donors (Lipinski definition) is 0. The molecule has 33 heavy (non-hydrogen) atoms. The minimum Gasteiger partial charge on any atom is -0.379 e. The first-order valence-electron chi connectivity index (χ1n) is 10.5. The van der Waals surface area contributed by atoms with E-state index in [-0.39, 0.29) is 30.4 Å². The molecule has 3 heterocycles. The fourth-order valence-corrected chi connectivity index (χ4v) is 4.98. The molecule has 0 atom stereocenters. The summed E-state index contributed by atoms with van der Waals surface area (Å²) in [7, 11) is 0. The van der Waals surface area contributed by atoms with Crippen molar-refractivity contribution in [2.75, 3.05) is 44.3 Å². The van der Waals surface area contributed by atoms with Gasteiger partial charge < -0.3 is 4.74 Å². The molecular weight excluding hydrogens is 485 g/mol. The van der Waals surface area contributed by atoms with Crippen LogP contribution >= 0.6 is 35.3 Å². The van der Waals surface area contributed by atoms with Gasteiger partial charge >= 0.3 is 0 Å². The second kappa shape index (κ2) is 10.9. The monoisotopic (exact) mass is 511 g/mol. The van der Waals surface area contributed by atoms with Gasteiger partial charge in [-0.15, -0.1) is 12.4 Å². The topological polar surface area (TPSA) is 80.6 Å². The number of fused-ring (bicyclic) bond motifs is 1. The van der Waals surface area contributed by atoms with E-state index >= 15 is 0 Å². The SMILES string of the molecule is Cc1ncn(CC(=O)N(CCN2CCOCC2)c2nc3c(C)ccc(Cl)c3s2)c(=O)c1C.Cl. The molecule has 3 aromatic rings. The van der Waals surface area contributed by atoms with E-state index in [2.05, 4.69) is 9.88 Å². The van der Waals surface area contributed by atoms with Gasteiger partial charge in [0, 0.05) is 37.4 Å². The van der Waals surface area contributed by atoms with Gasteiger partial charge in [0.25, 0.3) is 5.56 Å². The number of nitrogens with zero attached hydrogens (tertiary/aromatic N) is 5. The van der Waals surface area contributed by atoms with E-state index in [0.29, 0.717) is 47.7 Å². The number of aryl methyl sites for hydroxylation is 2. The first-order valence-corrected chi connectivity index (χ1v) is 11.7. The Hall–Kier alpha value is -2.04. The zero-order valence-corrected chi connectivity index (χ0v) is 21.2. The van der Waals surface area contributed by atoms with Crippen LogP contribution in [0.5, 0.6) is 0 Å². The average molecular weight is 512 g/mol. The van der Waals surface area contributed by atoms with Crippen LogP contribution in [-0.4, -0.2) is 64.7 Å². The normalized spacial score (nSPS) is 14.3. The minimum atomic E-state index is -0.210. The van der Waals surface area contributed by atoms with Crippen molar-refractivity contribution in [2.24, 2.45) is 0 Å².